The number of pyridine rings is 1. The maximum absolute atomic E-state index is 11.0. The van der Waals surface area contributed by atoms with Gasteiger partial charge in [0.15, 0.2) is 0 Å². The van der Waals surface area contributed by atoms with Gasteiger partial charge in [-0.2, -0.15) is 0 Å². The number of aliphatic carboxylic acids is 1. The molecule has 1 unspecified atom stereocenters. The smallest absolute Gasteiger partial charge is 0.328 e. The Hall–Kier alpha value is -2.37. The predicted molar refractivity (Wildman–Crippen MR) is 75.3 cm³/mol. The lowest BCUT2D eigenvalue weighted by Gasteiger charge is -2.17. The summed E-state index contributed by atoms with van der Waals surface area (Å²) in [5.41, 5.74) is 0.744. The number of nitrogens with zero attached hydrogens (tertiary/aromatic N) is 2. The monoisotopic (exact) mass is 275 g/mol. The van der Waals surface area contributed by atoms with Crippen LogP contribution < -0.4 is 10.2 Å². The van der Waals surface area contributed by atoms with Crippen LogP contribution in [0.2, 0.25) is 0 Å². The summed E-state index contributed by atoms with van der Waals surface area (Å²) in [6, 6.07) is 3.85. The molecular weight excluding hydrogens is 258 g/mol. The topological polar surface area (TPSA) is 82.5 Å². The second-order valence-electron chi connectivity index (χ2n) is 4.75. The van der Waals surface area contributed by atoms with Crippen LogP contribution >= 0.6 is 0 Å². The lowest BCUT2D eigenvalue weighted by molar-refractivity contribution is -0.131. The number of hydrogen-bond acceptors (Lipinski definition) is 4. The van der Waals surface area contributed by atoms with Gasteiger partial charge in [0, 0.05) is 38.3 Å². The first kappa shape index (κ1) is 14.0. The molecule has 2 heterocycles. The van der Waals surface area contributed by atoms with Gasteiger partial charge in [0.05, 0.1) is 0 Å². The number of carbonyl (C=O) groups is 2. The van der Waals surface area contributed by atoms with Crippen LogP contribution in [-0.2, 0) is 9.59 Å². The average Bonchev–Trinajstić information content (AvgIpc) is 2.84. The Morgan fingerprint density at radius 2 is 2.30 bits per heavy atom. The number of carboxylic acids is 1. The second kappa shape index (κ2) is 6.18. The van der Waals surface area contributed by atoms with Crippen molar-refractivity contribution in [2.24, 2.45) is 0 Å². The van der Waals surface area contributed by atoms with Crippen molar-refractivity contribution in [2.45, 2.75) is 19.4 Å². The quantitative estimate of drug-likeness (QED) is 0.798. The minimum Gasteiger partial charge on any atom is -0.478 e. The number of anilines is 1. The van der Waals surface area contributed by atoms with Crippen LogP contribution in [0.25, 0.3) is 6.08 Å². The molecule has 0 radical (unpaired) electrons. The van der Waals surface area contributed by atoms with Gasteiger partial charge in [0.2, 0.25) is 5.91 Å². The summed E-state index contributed by atoms with van der Waals surface area (Å²) in [5, 5.41) is 11.5. The zero-order valence-electron chi connectivity index (χ0n) is 11.2. The maximum atomic E-state index is 11.0. The normalized spacial score (nSPS) is 18.4. The largest absolute Gasteiger partial charge is 0.478 e. The van der Waals surface area contributed by atoms with Crippen LogP contribution in [-0.4, -0.2) is 41.1 Å². The zero-order chi connectivity index (χ0) is 14.5. The highest BCUT2D eigenvalue weighted by Crippen LogP contribution is 2.18. The van der Waals surface area contributed by atoms with Gasteiger partial charge >= 0.3 is 5.97 Å². The molecule has 1 saturated heterocycles. The third kappa shape index (κ3) is 3.81. The van der Waals surface area contributed by atoms with E-state index in [-0.39, 0.29) is 11.9 Å². The Morgan fingerprint density at radius 3 is 2.90 bits per heavy atom. The Bertz CT molecular complexity index is 525. The third-order valence-corrected chi connectivity index (χ3v) is 3.11. The van der Waals surface area contributed by atoms with Crippen LogP contribution in [0.3, 0.4) is 0 Å². The molecule has 0 spiro atoms. The summed E-state index contributed by atoms with van der Waals surface area (Å²) in [7, 11) is 0. The Balaban J connectivity index is 1.97. The van der Waals surface area contributed by atoms with Gasteiger partial charge in [-0.05, 0) is 30.2 Å². The Morgan fingerprint density at radius 1 is 1.50 bits per heavy atom. The molecule has 0 aromatic carbocycles. The van der Waals surface area contributed by atoms with Gasteiger partial charge in [-0.15, -0.1) is 0 Å². The van der Waals surface area contributed by atoms with Crippen molar-refractivity contribution in [3.8, 4) is 0 Å². The molecule has 106 valence electrons. The molecule has 0 saturated carbocycles. The van der Waals surface area contributed by atoms with Crippen molar-refractivity contribution in [3.05, 3.63) is 30.0 Å². The van der Waals surface area contributed by atoms with Crippen LogP contribution in [0.15, 0.2) is 24.4 Å². The fraction of sp³-hybridized carbons (Fsp3) is 0.357. The van der Waals surface area contributed by atoms with E-state index in [0.29, 0.717) is 0 Å². The van der Waals surface area contributed by atoms with Gasteiger partial charge in [0.25, 0.3) is 0 Å². The Labute approximate surface area is 117 Å². The summed E-state index contributed by atoms with van der Waals surface area (Å²) in [6.07, 6.45) is 5.13. The van der Waals surface area contributed by atoms with Crippen LogP contribution in [0.4, 0.5) is 5.82 Å². The first-order chi connectivity index (χ1) is 9.54. The summed E-state index contributed by atoms with van der Waals surface area (Å²) in [4.78, 5) is 27.9. The molecular formula is C14H17N3O3. The van der Waals surface area contributed by atoms with Crippen molar-refractivity contribution < 1.29 is 14.7 Å². The van der Waals surface area contributed by atoms with Crippen molar-refractivity contribution in [2.75, 3.05) is 18.0 Å². The number of nitrogens with one attached hydrogen (secondary N) is 1. The van der Waals surface area contributed by atoms with E-state index >= 15 is 0 Å². The molecule has 1 aromatic heterocycles. The highest BCUT2D eigenvalue weighted by Gasteiger charge is 2.23. The highest BCUT2D eigenvalue weighted by molar-refractivity contribution is 5.85. The number of aromatic nitrogens is 1. The van der Waals surface area contributed by atoms with E-state index in [9.17, 15) is 9.59 Å². The van der Waals surface area contributed by atoms with Crippen molar-refractivity contribution in [3.63, 3.8) is 0 Å². The summed E-state index contributed by atoms with van der Waals surface area (Å²) in [5.74, 6) is -0.156. The lowest BCUT2D eigenvalue weighted by atomic mass is 10.2. The van der Waals surface area contributed by atoms with E-state index in [1.807, 2.05) is 12.1 Å². The van der Waals surface area contributed by atoms with Crippen LogP contribution in [0.1, 0.15) is 18.9 Å². The SMILES string of the molecule is CC(=O)NC1CCN(c2ccc(/C=C/C(=O)O)cn2)C1. The molecule has 6 nitrogen and oxygen atoms in total. The van der Waals surface area contributed by atoms with E-state index in [2.05, 4.69) is 15.2 Å². The molecule has 1 fully saturated rings. The minimum absolute atomic E-state index is 0.0148. The molecule has 1 amide bonds. The molecule has 2 rings (SSSR count). The Kier molecular flexibility index (Phi) is 4.34. The van der Waals surface area contributed by atoms with E-state index in [1.54, 1.807) is 6.20 Å². The van der Waals surface area contributed by atoms with Gasteiger partial charge in [0.1, 0.15) is 5.82 Å². The molecule has 1 atom stereocenters. The zero-order valence-corrected chi connectivity index (χ0v) is 11.2. The van der Waals surface area contributed by atoms with Crippen molar-refractivity contribution >= 4 is 23.8 Å². The summed E-state index contributed by atoms with van der Waals surface area (Å²) in [6.45, 7) is 3.11. The van der Waals surface area contributed by atoms with E-state index in [4.69, 9.17) is 5.11 Å². The van der Waals surface area contributed by atoms with Gasteiger partial charge in [-0.1, -0.05) is 0 Å². The van der Waals surface area contributed by atoms with Gasteiger partial charge in [-0.3, -0.25) is 4.79 Å². The van der Waals surface area contributed by atoms with Gasteiger partial charge in [-0.25, -0.2) is 9.78 Å². The fourth-order valence-corrected chi connectivity index (χ4v) is 2.22. The number of amides is 1. The lowest BCUT2D eigenvalue weighted by Crippen LogP contribution is -2.35. The van der Waals surface area contributed by atoms with Gasteiger partial charge < -0.3 is 15.3 Å². The fourth-order valence-electron chi connectivity index (χ4n) is 2.22. The number of rotatable bonds is 4. The first-order valence-electron chi connectivity index (χ1n) is 6.43. The van der Waals surface area contributed by atoms with E-state index in [1.165, 1.54) is 13.0 Å². The highest BCUT2D eigenvalue weighted by atomic mass is 16.4. The standard InChI is InChI=1S/C14H17N3O3/c1-10(18)16-12-6-7-17(9-12)13-4-2-11(8-15-13)3-5-14(19)20/h2-5,8,12H,6-7,9H2,1H3,(H,16,18)(H,19,20)/b5-3+. The van der Waals surface area contributed by atoms with Crippen molar-refractivity contribution in [1.82, 2.24) is 10.3 Å². The van der Waals surface area contributed by atoms with Crippen molar-refractivity contribution in [1.29, 1.82) is 0 Å². The third-order valence-electron chi connectivity index (χ3n) is 3.11. The molecule has 1 aromatic rings. The predicted octanol–water partition coefficient (Wildman–Crippen LogP) is 0.894. The van der Waals surface area contributed by atoms with E-state index < -0.39 is 5.97 Å². The molecule has 6 heteroatoms. The van der Waals surface area contributed by atoms with Crippen LogP contribution in [0, 0.1) is 0 Å². The molecule has 1 aliphatic rings. The number of hydrogen-bond donors (Lipinski definition) is 2. The first-order valence-corrected chi connectivity index (χ1v) is 6.43. The molecule has 20 heavy (non-hydrogen) atoms. The molecule has 0 aliphatic carbocycles. The molecule has 0 bridgehead atoms. The maximum Gasteiger partial charge on any atom is 0.328 e. The van der Waals surface area contributed by atoms with E-state index in [0.717, 1.165) is 37.0 Å². The average molecular weight is 275 g/mol. The van der Waals surface area contributed by atoms with Crippen LogP contribution in [0.5, 0.6) is 0 Å². The summed E-state index contributed by atoms with van der Waals surface area (Å²) >= 11 is 0. The minimum atomic E-state index is -0.980. The second-order valence-corrected chi connectivity index (χ2v) is 4.75. The molecule has 1 aliphatic heterocycles. The number of carbonyl (C=O) groups excluding carboxylic acids is 1. The number of carboxylic acid groups (broad SMARTS) is 1. The summed E-state index contributed by atoms with van der Waals surface area (Å²) < 4.78 is 0. The molecule has 2 N–H and O–H groups in total.